The van der Waals surface area contributed by atoms with Crippen molar-refractivity contribution >= 4 is 26.7 Å². The predicted molar refractivity (Wildman–Crippen MR) is 79.6 cm³/mol. The molecule has 1 saturated heterocycles. The van der Waals surface area contributed by atoms with E-state index in [-0.39, 0.29) is 5.25 Å². The molecule has 1 atom stereocenters. The lowest BCUT2D eigenvalue weighted by Crippen LogP contribution is -2.42. The second-order valence-electron chi connectivity index (χ2n) is 5.26. The van der Waals surface area contributed by atoms with Gasteiger partial charge in [0.25, 0.3) is 0 Å². The zero-order valence-corrected chi connectivity index (χ0v) is 12.2. The van der Waals surface area contributed by atoms with E-state index in [4.69, 9.17) is 0 Å². The number of anilines is 1. The average molecular weight is 291 g/mol. The molecule has 1 fully saturated rings. The van der Waals surface area contributed by atoms with Crippen molar-refractivity contribution in [3.05, 3.63) is 30.5 Å². The molecule has 0 spiro atoms. The lowest BCUT2D eigenvalue weighted by molar-refractivity contribution is 0.534. The Balaban J connectivity index is 1.90. The minimum Gasteiger partial charge on any atom is -0.354 e. The lowest BCUT2D eigenvalue weighted by atomic mass is 10.1. The maximum absolute atomic E-state index is 11.7. The molecule has 1 aliphatic rings. The molecule has 0 N–H and O–H groups in total. The number of piperidine rings is 1. The molecule has 20 heavy (non-hydrogen) atoms. The molecular formula is C14H17N3O2S. The lowest BCUT2D eigenvalue weighted by Gasteiger charge is -2.32. The van der Waals surface area contributed by atoms with Crippen LogP contribution in [0, 0.1) is 0 Å². The molecule has 106 valence electrons. The van der Waals surface area contributed by atoms with Crippen LogP contribution in [0.3, 0.4) is 0 Å². The number of nitrogens with zero attached hydrogens (tertiary/aromatic N) is 3. The maximum Gasteiger partial charge on any atom is 0.152 e. The van der Waals surface area contributed by atoms with E-state index < -0.39 is 9.84 Å². The third kappa shape index (κ3) is 2.60. The van der Waals surface area contributed by atoms with E-state index in [1.165, 1.54) is 6.26 Å². The van der Waals surface area contributed by atoms with Gasteiger partial charge in [0.05, 0.1) is 22.5 Å². The number of hydrogen-bond acceptors (Lipinski definition) is 5. The summed E-state index contributed by atoms with van der Waals surface area (Å²) in [5.41, 5.74) is 1.69. The minimum absolute atomic E-state index is 0.301. The smallest absolute Gasteiger partial charge is 0.152 e. The largest absolute Gasteiger partial charge is 0.354 e. The molecule has 1 unspecified atom stereocenters. The van der Waals surface area contributed by atoms with Crippen LogP contribution in [0.15, 0.2) is 30.5 Å². The Morgan fingerprint density at radius 1 is 1.25 bits per heavy atom. The molecule has 0 amide bonds. The summed E-state index contributed by atoms with van der Waals surface area (Å²) < 4.78 is 23.4. The van der Waals surface area contributed by atoms with Gasteiger partial charge in [-0.1, -0.05) is 12.1 Å². The Labute approximate surface area is 118 Å². The number of benzene rings is 1. The molecule has 6 heteroatoms. The van der Waals surface area contributed by atoms with Crippen LogP contribution in [-0.4, -0.2) is 43.0 Å². The highest BCUT2D eigenvalue weighted by Gasteiger charge is 2.28. The topological polar surface area (TPSA) is 63.2 Å². The molecule has 1 aromatic carbocycles. The van der Waals surface area contributed by atoms with Gasteiger partial charge >= 0.3 is 0 Å². The third-order valence-electron chi connectivity index (χ3n) is 3.74. The molecule has 0 aliphatic carbocycles. The van der Waals surface area contributed by atoms with Gasteiger partial charge in [-0.3, -0.25) is 4.98 Å². The van der Waals surface area contributed by atoms with Crippen LogP contribution in [0.25, 0.3) is 11.0 Å². The molecule has 1 aromatic heterocycles. The highest BCUT2D eigenvalue weighted by Crippen LogP contribution is 2.22. The summed E-state index contributed by atoms with van der Waals surface area (Å²) in [5, 5.41) is -0.301. The minimum atomic E-state index is -3.00. The van der Waals surface area contributed by atoms with Gasteiger partial charge in [0.15, 0.2) is 9.84 Å². The first-order valence-electron chi connectivity index (χ1n) is 6.69. The highest BCUT2D eigenvalue weighted by molar-refractivity contribution is 7.91. The number of fused-ring (bicyclic) bond motifs is 1. The van der Waals surface area contributed by atoms with Gasteiger partial charge in [-0.25, -0.2) is 13.4 Å². The van der Waals surface area contributed by atoms with Crippen LogP contribution in [0.5, 0.6) is 0 Å². The molecule has 1 aliphatic heterocycles. The van der Waals surface area contributed by atoms with E-state index in [2.05, 4.69) is 9.97 Å². The van der Waals surface area contributed by atoms with E-state index >= 15 is 0 Å². The zero-order chi connectivity index (χ0) is 14.2. The molecule has 0 radical (unpaired) electrons. The summed E-state index contributed by atoms with van der Waals surface area (Å²) in [6, 6.07) is 7.69. The van der Waals surface area contributed by atoms with Gasteiger partial charge in [-0.05, 0) is 25.0 Å². The van der Waals surface area contributed by atoms with Crippen molar-refractivity contribution in [3.63, 3.8) is 0 Å². The normalized spacial score (nSPS) is 20.2. The van der Waals surface area contributed by atoms with Crippen LogP contribution >= 0.6 is 0 Å². The standard InChI is InChI=1S/C14H17N3O2S/c1-20(18,19)11-5-4-8-17(10-11)14-9-15-12-6-2-3-7-13(12)16-14/h2-3,6-7,9,11H,4-5,8,10H2,1H3. The van der Waals surface area contributed by atoms with E-state index in [1.54, 1.807) is 6.20 Å². The Morgan fingerprint density at radius 3 is 2.75 bits per heavy atom. The molecule has 0 bridgehead atoms. The number of hydrogen-bond donors (Lipinski definition) is 0. The maximum atomic E-state index is 11.7. The SMILES string of the molecule is CS(=O)(=O)C1CCCN(c2cnc3ccccc3n2)C1. The van der Waals surface area contributed by atoms with E-state index in [1.807, 2.05) is 29.2 Å². The van der Waals surface area contributed by atoms with Crippen molar-refractivity contribution in [2.75, 3.05) is 24.2 Å². The molecule has 2 heterocycles. The highest BCUT2D eigenvalue weighted by atomic mass is 32.2. The summed E-state index contributed by atoms with van der Waals surface area (Å²) in [5.74, 6) is 0.761. The first-order chi connectivity index (χ1) is 9.54. The average Bonchev–Trinajstić information content (AvgIpc) is 2.46. The fourth-order valence-electron chi connectivity index (χ4n) is 2.60. The van der Waals surface area contributed by atoms with E-state index in [0.29, 0.717) is 6.54 Å². The molecule has 2 aromatic rings. The first kappa shape index (κ1) is 13.3. The summed E-state index contributed by atoms with van der Waals surface area (Å²) in [7, 11) is -3.00. The molecular weight excluding hydrogens is 274 g/mol. The quantitative estimate of drug-likeness (QED) is 0.841. The van der Waals surface area contributed by atoms with E-state index in [9.17, 15) is 8.42 Å². The van der Waals surface area contributed by atoms with Gasteiger partial charge in [-0.2, -0.15) is 0 Å². The summed E-state index contributed by atoms with van der Waals surface area (Å²) in [6.07, 6.45) is 4.64. The van der Waals surface area contributed by atoms with E-state index in [0.717, 1.165) is 36.2 Å². The third-order valence-corrected chi connectivity index (χ3v) is 5.34. The summed E-state index contributed by atoms with van der Waals surface area (Å²) >= 11 is 0. The fourth-order valence-corrected chi connectivity index (χ4v) is 3.64. The van der Waals surface area contributed by atoms with Crippen molar-refractivity contribution < 1.29 is 8.42 Å². The van der Waals surface area contributed by atoms with Crippen LogP contribution < -0.4 is 4.90 Å². The van der Waals surface area contributed by atoms with Crippen LogP contribution in [0.4, 0.5) is 5.82 Å². The molecule has 0 saturated carbocycles. The fraction of sp³-hybridized carbons (Fsp3) is 0.429. The first-order valence-corrected chi connectivity index (χ1v) is 8.65. The second kappa shape index (κ2) is 5.01. The Bertz CT molecular complexity index is 730. The Hall–Kier alpha value is -1.69. The summed E-state index contributed by atoms with van der Waals surface area (Å²) in [6.45, 7) is 1.34. The van der Waals surface area contributed by atoms with Gasteiger partial charge in [0.2, 0.25) is 0 Å². The van der Waals surface area contributed by atoms with Crippen molar-refractivity contribution in [3.8, 4) is 0 Å². The van der Waals surface area contributed by atoms with Crippen LogP contribution in [0.2, 0.25) is 0 Å². The van der Waals surface area contributed by atoms with Crippen molar-refractivity contribution in [2.24, 2.45) is 0 Å². The number of para-hydroxylation sites is 2. The summed E-state index contributed by atoms with van der Waals surface area (Å²) in [4.78, 5) is 11.0. The Morgan fingerprint density at radius 2 is 2.00 bits per heavy atom. The zero-order valence-electron chi connectivity index (χ0n) is 11.4. The number of sulfone groups is 1. The van der Waals surface area contributed by atoms with Gasteiger partial charge in [0.1, 0.15) is 5.82 Å². The number of aromatic nitrogens is 2. The van der Waals surface area contributed by atoms with Crippen LogP contribution in [-0.2, 0) is 9.84 Å². The Kier molecular flexibility index (Phi) is 3.33. The van der Waals surface area contributed by atoms with Gasteiger partial charge < -0.3 is 4.90 Å². The van der Waals surface area contributed by atoms with Gasteiger partial charge in [0, 0.05) is 19.3 Å². The second-order valence-corrected chi connectivity index (χ2v) is 7.58. The van der Waals surface area contributed by atoms with Crippen molar-refractivity contribution in [1.82, 2.24) is 9.97 Å². The predicted octanol–water partition coefficient (Wildman–Crippen LogP) is 1.64. The monoisotopic (exact) mass is 291 g/mol. The van der Waals surface area contributed by atoms with Gasteiger partial charge in [-0.15, -0.1) is 0 Å². The van der Waals surface area contributed by atoms with Crippen LogP contribution in [0.1, 0.15) is 12.8 Å². The molecule has 3 rings (SSSR count). The number of rotatable bonds is 2. The van der Waals surface area contributed by atoms with Crippen molar-refractivity contribution in [1.29, 1.82) is 0 Å². The van der Waals surface area contributed by atoms with Crippen molar-refractivity contribution in [2.45, 2.75) is 18.1 Å². The molecule has 5 nitrogen and oxygen atoms in total.